The third kappa shape index (κ3) is 3.20. The van der Waals surface area contributed by atoms with Gasteiger partial charge in [0.1, 0.15) is 0 Å². The van der Waals surface area contributed by atoms with Crippen LogP contribution in [0.1, 0.15) is 0 Å². The third-order valence-electron chi connectivity index (χ3n) is 7.55. The number of fused-ring (bicyclic) bond motifs is 9. The fourth-order valence-corrected chi connectivity index (χ4v) is 8.42. The van der Waals surface area contributed by atoms with E-state index in [-0.39, 0.29) is 0 Å². The van der Waals surface area contributed by atoms with Gasteiger partial charge in [-0.2, -0.15) is 0 Å². The summed E-state index contributed by atoms with van der Waals surface area (Å²) in [6, 6.07) is 42.4. The van der Waals surface area contributed by atoms with Gasteiger partial charge < -0.3 is 0 Å². The Morgan fingerprint density at radius 1 is 0.432 bits per heavy atom. The van der Waals surface area contributed by atoms with Crippen molar-refractivity contribution in [2.24, 2.45) is 0 Å². The average Bonchev–Trinajstić information content (AvgIpc) is 3.36. The number of hydrogen-bond acceptors (Lipinski definition) is 1. The maximum absolute atomic E-state index is 4.48. The van der Waals surface area contributed by atoms with Crippen LogP contribution in [0.4, 0.5) is 0 Å². The number of benzene rings is 6. The molecule has 0 unspecified atom stereocenters. The summed E-state index contributed by atoms with van der Waals surface area (Å²) in [5, 5.41) is 10.4. The minimum atomic E-state index is 0.328. The summed E-state index contributed by atoms with van der Waals surface area (Å²) in [6.07, 6.45) is 3.91. The second-order valence-corrected chi connectivity index (χ2v) is 11.8. The molecule has 0 bridgehead atoms. The number of nitrogens with zero attached hydrogens (tertiary/aromatic N) is 1. The van der Waals surface area contributed by atoms with Crippen LogP contribution in [-0.4, -0.2) is 19.5 Å². The van der Waals surface area contributed by atoms with Crippen molar-refractivity contribution < 1.29 is 0 Å². The first-order valence-corrected chi connectivity index (χ1v) is 14.3. The van der Waals surface area contributed by atoms with Crippen LogP contribution < -0.4 is 0 Å². The van der Waals surface area contributed by atoms with Crippen LogP contribution in [0.3, 0.4) is 0 Å². The topological polar surface area (TPSA) is 12.9 Å². The van der Waals surface area contributed by atoms with E-state index in [0.29, 0.717) is 14.5 Å². The van der Waals surface area contributed by atoms with E-state index in [9.17, 15) is 0 Å². The maximum atomic E-state index is 4.48. The van der Waals surface area contributed by atoms with E-state index in [4.69, 9.17) is 0 Å². The van der Waals surface area contributed by atoms with Gasteiger partial charge in [0.2, 0.25) is 0 Å². The van der Waals surface area contributed by atoms with Crippen LogP contribution in [-0.2, 0) is 0 Å². The standard InChI is InChI=1S/C35H21NSe/c1-2-10-27-26(9-1)28-16-15-23(20-32(28)33-21-36-18-17-29(27)33)22-7-5-8-24(19-22)25-12-6-13-31-30-11-3-4-14-34(30)37-35(25)31/h1-21H. The summed E-state index contributed by atoms with van der Waals surface area (Å²) in [7, 11) is 0. The normalized spacial score (nSPS) is 11.8. The molecule has 2 heteroatoms. The van der Waals surface area contributed by atoms with E-state index in [1.165, 1.54) is 73.9 Å². The van der Waals surface area contributed by atoms with Crippen LogP contribution in [0.25, 0.3) is 73.9 Å². The Hall–Kier alpha value is -4.23. The zero-order chi connectivity index (χ0) is 24.3. The predicted octanol–water partition coefficient (Wildman–Crippen LogP) is 9.24. The van der Waals surface area contributed by atoms with Gasteiger partial charge in [-0.25, -0.2) is 0 Å². The van der Waals surface area contributed by atoms with Gasteiger partial charge in [0.05, 0.1) is 0 Å². The molecule has 37 heavy (non-hydrogen) atoms. The number of hydrogen-bond donors (Lipinski definition) is 0. The Kier molecular flexibility index (Phi) is 4.60. The zero-order valence-electron chi connectivity index (χ0n) is 20.0. The van der Waals surface area contributed by atoms with E-state index >= 15 is 0 Å². The number of rotatable bonds is 2. The molecular weight excluding hydrogens is 513 g/mol. The second-order valence-electron chi connectivity index (χ2n) is 9.59. The molecule has 0 saturated heterocycles. The van der Waals surface area contributed by atoms with Crippen molar-refractivity contribution >= 4 is 66.1 Å². The average molecular weight is 535 g/mol. The Morgan fingerprint density at radius 2 is 1.11 bits per heavy atom. The fraction of sp³-hybridized carbons (Fsp3) is 0. The van der Waals surface area contributed by atoms with Crippen LogP contribution in [0, 0.1) is 0 Å². The SMILES string of the molecule is c1cc(-c2ccc3c4ccccc4c4ccncc4c3c2)cc(-c2cccc3c2[se]c2ccccc23)c1. The zero-order valence-corrected chi connectivity index (χ0v) is 21.7. The van der Waals surface area contributed by atoms with E-state index < -0.39 is 0 Å². The van der Waals surface area contributed by atoms with E-state index in [0.717, 1.165) is 0 Å². The molecule has 6 aromatic carbocycles. The molecule has 1 nitrogen and oxygen atoms in total. The van der Waals surface area contributed by atoms with E-state index in [2.05, 4.69) is 120 Å². The monoisotopic (exact) mass is 535 g/mol. The van der Waals surface area contributed by atoms with Gasteiger partial charge in [0.25, 0.3) is 0 Å². The van der Waals surface area contributed by atoms with Crippen LogP contribution in [0.5, 0.6) is 0 Å². The van der Waals surface area contributed by atoms with Gasteiger partial charge in [-0.3, -0.25) is 0 Å². The molecule has 0 aliphatic heterocycles. The fourth-order valence-electron chi connectivity index (χ4n) is 5.82. The molecule has 0 atom stereocenters. The summed E-state index contributed by atoms with van der Waals surface area (Å²) < 4.78 is 2.98. The van der Waals surface area contributed by atoms with Gasteiger partial charge in [-0.05, 0) is 0 Å². The molecule has 0 radical (unpaired) electrons. The van der Waals surface area contributed by atoms with Gasteiger partial charge >= 0.3 is 215 Å². The number of aromatic nitrogens is 1. The van der Waals surface area contributed by atoms with Gasteiger partial charge in [-0.1, -0.05) is 6.07 Å². The third-order valence-corrected chi connectivity index (χ3v) is 10.1. The molecule has 172 valence electrons. The molecule has 0 aliphatic carbocycles. The van der Waals surface area contributed by atoms with Crippen LogP contribution in [0.15, 0.2) is 128 Å². The molecule has 8 rings (SSSR count). The second kappa shape index (κ2) is 8.14. The van der Waals surface area contributed by atoms with Crippen molar-refractivity contribution in [1.82, 2.24) is 4.98 Å². The number of pyridine rings is 1. The molecule has 2 heterocycles. The van der Waals surface area contributed by atoms with Crippen LogP contribution in [0.2, 0.25) is 0 Å². The minimum absolute atomic E-state index is 0.328. The predicted molar refractivity (Wildman–Crippen MR) is 160 cm³/mol. The summed E-state index contributed by atoms with van der Waals surface area (Å²) in [6.45, 7) is 0. The summed E-state index contributed by atoms with van der Waals surface area (Å²) in [5.41, 5.74) is 5.12. The molecular formula is C35H21NSe. The van der Waals surface area contributed by atoms with Crippen molar-refractivity contribution in [2.75, 3.05) is 0 Å². The van der Waals surface area contributed by atoms with Crippen molar-refractivity contribution in [2.45, 2.75) is 0 Å². The van der Waals surface area contributed by atoms with Gasteiger partial charge in [-0.15, -0.1) is 0 Å². The Balaban J connectivity index is 1.34. The Morgan fingerprint density at radius 3 is 2.00 bits per heavy atom. The van der Waals surface area contributed by atoms with Crippen molar-refractivity contribution in [1.29, 1.82) is 0 Å². The molecule has 0 saturated carbocycles. The molecule has 8 aromatic rings. The molecule has 0 N–H and O–H groups in total. The first-order valence-electron chi connectivity index (χ1n) is 12.5. The molecule has 2 aromatic heterocycles. The van der Waals surface area contributed by atoms with Gasteiger partial charge in [0.15, 0.2) is 0 Å². The summed E-state index contributed by atoms with van der Waals surface area (Å²) in [4.78, 5) is 4.48. The molecule has 0 aliphatic rings. The molecule has 0 amide bonds. The first-order chi connectivity index (χ1) is 18.3. The summed E-state index contributed by atoms with van der Waals surface area (Å²) >= 11 is 0.328. The molecule has 0 fully saturated rings. The van der Waals surface area contributed by atoms with Crippen molar-refractivity contribution in [3.8, 4) is 22.3 Å². The quantitative estimate of drug-likeness (QED) is 0.159. The van der Waals surface area contributed by atoms with E-state index in [1.807, 2.05) is 12.4 Å². The summed E-state index contributed by atoms with van der Waals surface area (Å²) in [5.74, 6) is 0. The Bertz CT molecular complexity index is 2120. The molecule has 0 spiro atoms. The van der Waals surface area contributed by atoms with E-state index in [1.54, 1.807) is 0 Å². The Labute approximate surface area is 220 Å². The van der Waals surface area contributed by atoms with Crippen molar-refractivity contribution in [3.63, 3.8) is 0 Å². The van der Waals surface area contributed by atoms with Crippen LogP contribution >= 0.6 is 0 Å². The van der Waals surface area contributed by atoms with Gasteiger partial charge in [0, 0.05) is 0 Å². The first kappa shape index (κ1) is 20.9. The van der Waals surface area contributed by atoms with Crippen molar-refractivity contribution in [3.05, 3.63) is 128 Å².